The van der Waals surface area contributed by atoms with E-state index in [1.165, 1.54) is 0 Å². The van der Waals surface area contributed by atoms with Gasteiger partial charge in [0.1, 0.15) is 12.2 Å². The number of hydrogen-bond acceptors (Lipinski definition) is 5. The number of benzene rings is 1. The number of nitrogens with one attached hydrogen (secondary N) is 1. The number of aliphatic hydroxyl groups is 1. The van der Waals surface area contributed by atoms with Gasteiger partial charge in [-0.05, 0) is 39.2 Å². The molecule has 3 atom stereocenters. The van der Waals surface area contributed by atoms with Gasteiger partial charge in [0.15, 0.2) is 11.6 Å². The van der Waals surface area contributed by atoms with Gasteiger partial charge in [-0.1, -0.05) is 44.2 Å². The van der Waals surface area contributed by atoms with Crippen molar-refractivity contribution >= 4 is 11.7 Å². The van der Waals surface area contributed by atoms with Crippen molar-refractivity contribution in [2.24, 2.45) is 5.41 Å². The van der Waals surface area contributed by atoms with E-state index in [-0.39, 0.29) is 24.7 Å². The SMILES string of the molecule is CC(NC(=O)C(O)CCCC(=O)[C@@H]1OC(C)(C)OCC1(C)C)c1ccccc1. The molecule has 2 unspecified atom stereocenters. The van der Waals surface area contributed by atoms with Crippen molar-refractivity contribution in [1.29, 1.82) is 0 Å². The molecule has 1 heterocycles. The number of amides is 1. The summed E-state index contributed by atoms with van der Waals surface area (Å²) in [6.45, 7) is 9.79. The lowest BCUT2D eigenvalue weighted by molar-refractivity contribution is -0.303. The van der Waals surface area contributed by atoms with Crippen molar-refractivity contribution in [1.82, 2.24) is 5.32 Å². The van der Waals surface area contributed by atoms with Gasteiger partial charge in [-0.15, -0.1) is 0 Å². The summed E-state index contributed by atoms with van der Waals surface area (Å²) in [7, 11) is 0. The van der Waals surface area contributed by atoms with Crippen molar-refractivity contribution in [3.63, 3.8) is 0 Å². The number of aliphatic hydroxyl groups excluding tert-OH is 1. The molecule has 1 aromatic rings. The molecule has 28 heavy (non-hydrogen) atoms. The fraction of sp³-hybridized carbons (Fsp3) is 0.636. The van der Waals surface area contributed by atoms with Crippen LogP contribution in [0.5, 0.6) is 0 Å². The highest BCUT2D eigenvalue weighted by Crippen LogP contribution is 2.36. The van der Waals surface area contributed by atoms with Gasteiger partial charge in [0.2, 0.25) is 5.91 Å². The van der Waals surface area contributed by atoms with E-state index >= 15 is 0 Å². The van der Waals surface area contributed by atoms with E-state index in [0.717, 1.165) is 5.56 Å². The van der Waals surface area contributed by atoms with E-state index in [1.54, 1.807) is 13.8 Å². The third-order valence-corrected chi connectivity index (χ3v) is 5.06. The second-order valence-corrected chi connectivity index (χ2v) is 8.69. The molecule has 1 aromatic carbocycles. The van der Waals surface area contributed by atoms with Crippen molar-refractivity contribution < 1.29 is 24.2 Å². The van der Waals surface area contributed by atoms with Gasteiger partial charge in [0.05, 0.1) is 12.6 Å². The van der Waals surface area contributed by atoms with E-state index in [2.05, 4.69) is 5.32 Å². The van der Waals surface area contributed by atoms with Crippen LogP contribution in [0.3, 0.4) is 0 Å². The first-order valence-electron chi connectivity index (χ1n) is 9.90. The number of carbonyl (C=O) groups is 2. The van der Waals surface area contributed by atoms with Crippen LogP contribution >= 0.6 is 0 Å². The first kappa shape index (κ1) is 22.5. The largest absolute Gasteiger partial charge is 0.383 e. The molecule has 6 nitrogen and oxygen atoms in total. The highest BCUT2D eigenvalue weighted by atomic mass is 16.7. The summed E-state index contributed by atoms with van der Waals surface area (Å²) < 4.78 is 11.5. The van der Waals surface area contributed by atoms with E-state index in [0.29, 0.717) is 13.0 Å². The van der Waals surface area contributed by atoms with Crippen molar-refractivity contribution in [3.05, 3.63) is 35.9 Å². The van der Waals surface area contributed by atoms with Gasteiger partial charge in [0, 0.05) is 11.8 Å². The third-order valence-electron chi connectivity index (χ3n) is 5.06. The number of ether oxygens (including phenoxy) is 2. The normalized spacial score (nSPS) is 22.9. The first-order valence-corrected chi connectivity index (χ1v) is 9.90. The summed E-state index contributed by atoms with van der Waals surface area (Å²) in [6.07, 6.45) is -0.793. The Morgan fingerprint density at radius 2 is 1.86 bits per heavy atom. The maximum Gasteiger partial charge on any atom is 0.249 e. The molecule has 6 heteroatoms. The molecule has 1 amide bonds. The average molecular weight is 392 g/mol. The van der Waals surface area contributed by atoms with Gasteiger partial charge in [-0.25, -0.2) is 0 Å². The van der Waals surface area contributed by atoms with Crippen molar-refractivity contribution in [2.75, 3.05) is 6.61 Å². The fourth-order valence-corrected chi connectivity index (χ4v) is 3.28. The second-order valence-electron chi connectivity index (χ2n) is 8.69. The molecule has 156 valence electrons. The van der Waals surface area contributed by atoms with Gasteiger partial charge in [0.25, 0.3) is 0 Å². The summed E-state index contributed by atoms with van der Waals surface area (Å²) in [5, 5.41) is 13.0. The summed E-state index contributed by atoms with van der Waals surface area (Å²) in [4.78, 5) is 24.9. The number of Topliss-reactive ketones (excluding diaryl/α,β-unsaturated/α-hetero) is 1. The summed E-state index contributed by atoms with van der Waals surface area (Å²) in [5.41, 5.74) is 0.563. The predicted octanol–water partition coefficient (Wildman–Crippen LogP) is 3.14. The predicted molar refractivity (Wildman–Crippen MR) is 107 cm³/mol. The molecule has 0 spiro atoms. The van der Waals surface area contributed by atoms with E-state index in [1.807, 2.05) is 51.1 Å². The number of ketones is 1. The molecule has 1 aliphatic rings. The zero-order valence-corrected chi connectivity index (χ0v) is 17.5. The molecular weight excluding hydrogens is 358 g/mol. The number of hydrogen-bond donors (Lipinski definition) is 2. The lowest BCUT2D eigenvalue weighted by Crippen LogP contribution is -2.53. The smallest absolute Gasteiger partial charge is 0.249 e. The number of rotatable bonds is 8. The third kappa shape index (κ3) is 6.12. The highest BCUT2D eigenvalue weighted by molar-refractivity contribution is 5.84. The molecule has 2 rings (SSSR count). The second kappa shape index (κ2) is 9.16. The van der Waals surface area contributed by atoms with Crippen molar-refractivity contribution in [2.45, 2.75) is 77.9 Å². The number of carbonyl (C=O) groups excluding carboxylic acids is 2. The van der Waals surface area contributed by atoms with Crippen LogP contribution in [0.25, 0.3) is 0 Å². The Balaban J connectivity index is 1.80. The molecule has 0 bridgehead atoms. The van der Waals surface area contributed by atoms with Crippen LogP contribution in [-0.4, -0.2) is 41.4 Å². The van der Waals surface area contributed by atoms with Gasteiger partial charge in [-0.3, -0.25) is 9.59 Å². The Labute approximate surface area is 167 Å². The minimum atomic E-state index is -1.14. The van der Waals surface area contributed by atoms with Crippen LogP contribution in [0.4, 0.5) is 0 Å². The standard InChI is InChI=1S/C22H33NO5/c1-15(16-10-7-6-8-11-16)23-20(26)18(25)13-9-12-17(24)19-21(2,3)14-27-22(4,5)28-19/h6-8,10-11,15,18-19,25H,9,12-14H2,1-5H3,(H,23,26)/t15?,18?,19-/m0/s1. The van der Waals surface area contributed by atoms with Crippen LogP contribution in [0.1, 0.15) is 65.5 Å². The molecule has 0 radical (unpaired) electrons. The van der Waals surface area contributed by atoms with E-state index < -0.39 is 29.3 Å². The molecule has 1 fully saturated rings. The maximum atomic E-state index is 12.7. The zero-order valence-electron chi connectivity index (χ0n) is 17.5. The summed E-state index contributed by atoms with van der Waals surface area (Å²) in [5.74, 6) is -1.23. The van der Waals surface area contributed by atoms with Crippen LogP contribution < -0.4 is 5.32 Å². The molecule has 0 aliphatic carbocycles. The minimum Gasteiger partial charge on any atom is -0.383 e. The Kier molecular flexibility index (Phi) is 7.37. The Morgan fingerprint density at radius 3 is 2.50 bits per heavy atom. The molecule has 0 saturated carbocycles. The lowest BCUT2D eigenvalue weighted by Gasteiger charge is -2.45. The average Bonchev–Trinajstić information content (AvgIpc) is 2.64. The van der Waals surface area contributed by atoms with Gasteiger partial charge >= 0.3 is 0 Å². The molecule has 2 N–H and O–H groups in total. The topological polar surface area (TPSA) is 84.9 Å². The first-order chi connectivity index (χ1) is 13.0. The maximum absolute atomic E-state index is 12.7. The quantitative estimate of drug-likeness (QED) is 0.711. The Morgan fingerprint density at radius 1 is 1.21 bits per heavy atom. The van der Waals surface area contributed by atoms with E-state index in [4.69, 9.17) is 9.47 Å². The minimum absolute atomic E-state index is 0.0216. The zero-order chi connectivity index (χ0) is 20.9. The summed E-state index contributed by atoms with van der Waals surface area (Å²) >= 11 is 0. The lowest BCUT2D eigenvalue weighted by atomic mass is 9.82. The molecule has 0 aromatic heterocycles. The molecule has 1 aliphatic heterocycles. The van der Waals surface area contributed by atoms with Crippen LogP contribution in [-0.2, 0) is 19.1 Å². The van der Waals surface area contributed by atoms with Crippen molar-refractivity contribution in [3.8, 4) is 0 Å². The fourth-order valence-electron chi connectivity index (χ4n) is 3.28. The Hall–Kier alpha value is -1.76. The Bertz CT molecular complexity index is 671. The van der Waals surface area contributed by atoms with Gasteiger partial charge < -0.3 is 19.9 Å². The van der Waals surface area contributed by atoms with Crippen LogP contribution in [0, 0.1) is 5.41 Å². The monoisotopic (exact) mass is 391 g/mol. The van der Waals surface area contributed by atoms with E-state index in [9.17, 15) is 14.7 Å². The van der Waals surface area contributed by atoms with Gasteiger partial charge in [-0.2, -0.15) is 0 Å². The van der Waals surface area contributed by atoms with Crippen LogP contribution in [0.15, 0.2) is 30.3 Å². The summed E-state index contributed by atoms with van der Waals surface area (Å²) in [6, 6.07) is 9.38. The molecule has 1 saturated heterocycles. The highest BCUT2D eigenvalue weighted by Gasteiger charge is 2.45. The van der Waals surface area contributed by atoms with Crippen LogP contribution in [0.2, 0.25) is 0 Å². The molecular formula is C22H33NO5.